The van der Waals surface area contributed by atoms with Gasteiger partial charge < -0.3 is 15.2 Å². The van der Waals surface area contributed by atoms with E-state index < -0.39 is 0 Å². The van der Waals surface area contributed by atoms with Crippen LogP contribution in [-0.2, 0) is 6.61 Å². The van der Waals surface area contributed by atoms with E-state index in [2.05, 4.69) is 0 Å². The van der Waals surface area contributed by atoms with E-state index in [0.717, 1.165) is 11.3 Å². The van der Waals surface area contributed by atoms with Crippen molar-refractivity contribution >= 4 is 40.5 Å². The standard InChI is InChI=1S/C15H14Cl3NO2/c1-2-20-14-4-3-10(19)5-9(14)8-21-15-7-12(17)11(16)6-13(15)18/h3-7H,2,8,19H2,1H3. The first-order chi connectivity index (χ1) is 10.0. The number of rotatable bonds is 5. The smallest absolute Gasteiger partial charge is 0.139 e. The molecule has 21 heavy (non-hydrogen) atoms. The Balaban J connectivity index is 2.20. The van der Waals surface area contributed by atoms with Crippen LogP contribution < -0.4 is 15.2 Å². The lowest BCUT2D eigenvalue weighted by Gasteiger charge is -2.13. The molecular formula is C15H14Cl3NO2. The fourth-order valence-corrected chi connectivity index (χ4v) is 2.37. The molecule has 0 saturated heterocycles. The molecule has 0 spiro atoms. The summed E-state index contributed by atoms with van der Waals surface area (Å²) in [6.07, 6.45) is 0. The Morgan fingerprint density at radius 3 is 2.33 bits per heavy atom. The number of benzene rings is 2. The normalized spacial score (nSPS) is 10.5. The van der Waals surface area contributed by atoms with Gasteiger partial charge in [0.05, 0.1) is 21.7 Å². The van der Waals surface area contributed by atoms with Crippen molar-refractivity contribution in [1.29, 1.82) is 0 Å². The molecule has 2 N–H and O–H groups in total. The molecule has 0 atom stereocenters. The van der Waals surface area contributed by atoms with Gasteiger partial charge in [0.1, 0.15) is 18.1 Å². The summed E-state index contributed by atoms with van der Waals surface area (Å²) in [5, 5.41) is 1.16. The highest BCUT2D eigenvalue weighted by atomic mass is 35.5. The predicted molar refractivity (Wildman–Crippen MR) is 87.8 cm³/mol. The Morgan fingerprint density at radius 1 is 0.905 bits per heavy atom. The summed E-state index contributed by atoms with van der Waals surface area (Å²) in [5.74, 6) is 1.18. The van der Waals surface area contributed by atoms with Crippen LogP contribution in [0.15, 0.2) is 30.3 Å². The average molecular weight is 347 g/mol. The van der Waals surface area contributed by atoms with Gasteiger partial charge in [0.15, 0.2) is 0 Å². The molecule has 0 amide bonds. The van der Waals surface area contributed by atoms with E-state index in [4.69, 9.17) is 50.0 Å². The number of hydrogen-bond donors (Lipinski definition) is 1. The maximum Gasteiger partial charge on any atom is 0.139 e. The highest BCUT2D eigenvalue weighted by molar-refractivity contribution is 6.43. The van der Waals surface area contributed by atoms with E-state index in [1.165, 1.54) is 0 Å². The molecule has 3 nitrogen and oxygen atoms in total. The topological polar surface area (TPSA) is 44.5 Å². The van der Waals surface area contributed by atoms with Crippen molar-refractivity contribution in [3.05, 3.63) is 51.0 Å². The van der Waals surface area contributed by atoms with Crippen LogP contribution >= 0.6 is 34.8 Å². The van der Waals surface area contributed by atoms with Gasteiger partial charge >= 0.3 is 0 Å². The van der Waals surface area contributed by atoms with Gasteiger partial charge in [-0.05, 0) is 31.2 Å². The van der Waals surface area contributed by atoms with E-state index in [-0.39, 0.29) is 6.61 Å². The number of hydrogen-bond acceptors (Lipinski definition) is 3. The lowest BCUT2D eigenvalue weighted by atomic mass is 10.2. The highest BCUT2D eigenvalue weighted by Gasteiger charge is 2.10. The number of nitrogens with two attached hydrogens (primary N) is 1. The third-order valence-corrected chi connectivity index (χ3v) is 3.76. The average Bonchev–Trinajstić information content (AvgIpc) is 2.44. The number of ether oxygens (including phenoxy) is 2. The molecule has 0 aromatic heterocycles. The summed E-state index contributed by atoms with van der Waals surface area (Å²) in [7, 11) is 0. The molecule has 0 heterocycles. The maximum atomic E-state index is 6.08. The second-order valence-corrected chi connectivity index (χ2v) is 5.51. The lowest BCUT2D eigenvalue weighted by Crippen LogP contribution is -2.02. The fourth-order valence-electron chi connectivity index (χ4n) is 1.78. The van der Waals surface area contributed by atoms with Crippen molar-refractivity contribution in [3.63, 3.8) is 0 Å². The SMILES string of the molecule is CCOc1ccc(N)cc1COc1cc(Cl)c(Cl)cc1Cl. The molecule has 0 saturated carbocycles. The van der Waals surface area contributed by atoms with Gasteiger partial charge in [0.2, 0.25) is 0 Å². The van der Waals surface area contributed by atoms with E-state index in [0.29, 0.717) is 33.1 Å². The first-order valence-electron chi connectivity index (χ1n) is 6.29. The molecule has 0 radical (unpaired) electrons. The molecule has 0 unspecified atom stereocenters. The second-order valence-electron chi connectivity index (χ2n) is 4.29. The monoisotopic (exact) mass is 345 g/mol. The quantitative estimate of drug-likeness (QED) is 0.597. The van der Waals surface area contributed by atoms with Crippen LogP contribution in [0.25, 0.3) is 0 Å². The molecular weight excluding hydrogens is 333 g/mol. The Hall–Kier alpha value is -1.29. The van der Waals surface area contributed by atoms with Crippen molar-refractivity contribution < 1.29 is 9.47 Å². The molecule has 0 bridgehead atoms. The molecule has 6 heteroatoms. The number of nitrogen functional groups attached to an aromatic ring is 1. The minimum Gasteiger partial charge on any atom is -0.493 e. The lowest BCUT2D eigenvalue weighted by molar-refractivity contribution is 0.286. The Labute approximate surface area is 138 Å². The van der Waals surface area contributed by atoms with Crippen molar-refractivity contribution in [1.82, 2.24) is 0 Å². The van der Waals surface area contributed by atoms with E-state index in [1.807, 2.05) is 13.0 Å². The van der Waals surface area contributed by atoms with Crippen LogP contribution in [0.1, 0.15) is 12.5 Å². The van der Waals surface area contributed by atoms with Gasteiger partial charge in [-0.3, -0.25) is 0 Å². The van der Waals surface area contributed by atoms with Crippen molar-refractivity contribution in [2.75, 3.05) is 12.3 Å². The summed E-state index contributed by atoms with van der Waals surface area (Å²) >= 11 is 17.9. The third-order valence-electron chi connectivity index (χ3n) is 2.74. The number of halogens is 3. The van der Waals surface area contributed by atoms with Gasteiger partial charge in [0.25, 0.3) is 0 Å². The van der Waals surface area contributed by atoms with Gasteiger partial charge in [-0.15, -0.1) is 0 Å². The van der Waals surface area contributed by atoms with Crippen LogP contribution in [0.5, 0.6) is 11.5 Å². The summed E-state index contributed by atoms with van der Waals surface area (Å²) in [5.41, 5.74) is 7.26. The molecule has 2 aromatic rings. The third kappa shape index (κ3) is 4.10. The van der Waals surface area contributed by atoms with E-state index >= 15 is 0 Å². The van der Waals surface area contributed by atoms with Crippen LogP contribution in [0, 0.1) is 0 Å². The van der Waals surface area contributed by atoms with Crippen LogP contribution in [0.4, 0.5) is 5.69 Å². The minimum absolute atomic E-state index is 0.262. The minimum atomic E-state index is 0.262. The summed E-state index contributed by atoms with van der Waals surface area (Å²) < 4.78 is 11.2. The highest BCUT2D eigenvalue weighted by Crippen LogP contribution is 2.34. The Morgan fingerprint density at radius 2 is 1.62 bits per heavy atom. The van der Waals surface area contributed by atoms with Crippen LogP contribution in [0.3, 0.4) is 0 Å². The molecule has 0 aliphatic heterocycles. The molecule has 2 rings (SSSR count). The fraction of sp³-hybridized carbons (Fsp3) is 0.200. The molecule has 2 aromatic carbocycles. The van der Waals surface area contributed by atoms with Gasteiger partial charge in [-0.25, -0.2) is 0 Å². The summed E-state index contributed by atoms with van der Waals surface area (Å²) in [6.45, 7) is 2.74. The van der Waals surface area contributed by atoms with E-state index in [1.54, 1.807) is 24.3 Å². The molecule has 112 valence electrons. The predicted octanol–water partition coefficient (Wildman–Crippen LogP) is 5.21. The molecule has 0 aliphatic carbocycles. The second kappa shape index (κ2) is 7.12. The zero-order chi connectivity index (χ0) is 15.4. The molecule has 0 fully saturated rings. The van der Waals surface area contributed by atoms with Gasteiger partial charge in [-0.1, -0.05) is 34.8 Å². The summed E-state index contributed by atoms with van der Waals surface area (Å²) in [4.78, 5) is 0. The Bertz CT molecular complexity index is 647. The first kappa shape index (κ1) is 16.1. The Kier molecular flexibility index (Phi) is 5.45. The zero-order valence-corrected chi connectivity index (χ0v) is 13.6. The van der Waals surface area contributed by atoms with Crippen LogP contribution in [0.2, 0.25) is 15.1 Å². The largest absolute Gasteiger partial charge is 0.493 e. The van der Waals surface area contributed by atoms with Crippen LogP contribution in [-0.4, -0.2) is 6.61 Å². The number of anilines is 1. The van der Waals surface area contributed by atoms with Crippen molar-refractivity contribution in [3.8, 4) is 11.5 Å². The molecule has 0 aliphatic rings. The van der Waals surface area contributed by atoms with Crippen molar-refractivity contribution in [2.45, 2.75) is 13.5 Å². The maximum absolute atomic E-state index is 6.08. The van der Waals surface area contributed by atoms with E-state index in [9.17, 15) is 0 Å². The van der Waals surface area contributed by atoms with Gasteiger partial charge in [-0.2, -0.15) is 0 Å². The van der Waals surface area contributed by atoms with Crippen molar-refractivity contribution in [2.24, 2.45) is 0 Å². The van der Waals surface area contributed by atoms with Gasteiger partial charge in [0, 0.05) is 17.3 Å². The first-order valence-corrected chi connectivity index (χ1v) is 7.43. The zero-order valence-electron chi connectivity index (χ0n) is 11.3. The summed E-state index contributed by atoms with van der Waals surface area (Å²) in [6, 6.07) is 8.52.